The molecule has 1 rings (SSSR count). The maximum atomic E-state index is 10.7. The minimum atomic E-state index is -0.776. The molecule has 2 nitrogen and oxygen atoms in total. The fourth-order valence-corrected chi connectivity index (χ4v) is 2.11. The third kappa shape index (κ3) is 3.52. The molecular formula is C12H20O2. The first-order chi connectivity index (χ1) is 6.59. The second-order valence-corrected chi connectivity index (χ2v) is 4.53. The lowest BCUT2D eigenvalue weighted by Gasteiger charge is -2.09. The quantitative estimate of drug-likeness (QED) is 0.544. The van der Waals surface area contributed by atoms with Gasteiger partial charge in [0.2, 0.25) is 0 Å². The van der Waals surface area contributed by atoms with Gasteiger partial charge in [-0.2, -0.15) is 0 Å². The highest BCUT2D eigenvalue weighted by atomic mass is 16.4. The molecule has 80 valence electrons. The van der Waals surface area contributed by atoms with Crippen molar-refractivity contribution in [2.75, 3.05) is 0 Å². The average Bonchev–Trinajstić information content (AvgIpc) is 2.31. The highest BCUT2D eigenvalue weighted by molar-refractivity contribution is 5.85. The van der Waals surface area contributed by atoms with E-state index in [0.29, 0.717) is 11.5 Å². The lowest BCUT2D eigenvalue weighted by Crippen LogP contribution is -2.01. The Morgan fingerprint density at radius 3 is 2.64 bits per heavy atom. The number of carbonyl (C=O) groups is 1. The minimum Gasteiger partial charge on any atom is -0.478 e. The topological polar surface area (TPSA) is 37.3 Å². The molecule has 0 radical (unpaired) electrons. The van der Waals surface area contributed by atoms with Crippen molar-refractivity contribution in [1.29, 1.82) is 0 Å². The van der Waals surface area contributed by atoms with E-state index in [0.717, 1.165) is 18.8 Å². The second kappa shape index (κ2) is 5.18. The summed E-state index contributed by atoms with van der Waals surface area (Å²) in [6.07, 6.45) is 8.06. The predicted molar refractivity (Wildman–Crippen MR) is 57.1 cm³/mol. The summed E-state index contributed by atoms with van der Waals surface area (Å²) < 4.78 is 0. The fraction of sp³-hybridized carbons (Fsp3) is 0.750. The Kier molecular flexibility index (Phi) is 4.18. The molecule has 14 heavy (non-hydrogen) atoms. The fourth-order valence-electron chi connectivity index (χ4n) is 2.11. The van der Waals surface area contributed by atoms with Crippen LogP contribution in [0, 0.1) is 11.8 Å². The molecule has 0 bridgehead atoms. The Labute approximate surface area is 86.0 Å². The van der Waals surface area contributed by atoms with Gasteiger partial charge in [0.25, 0.3) is 0 Å². The van der Waals surface area contributed by atoms with Crippen LogP contribution in [0.25, 0.3) is 0 Å². The summed E-state index contributed by atoms with van der Waals surface area (Å²) in [5.41, 5.74) is 0.504. The van der Waals surface area contributed by atoms with E-state index in [-0.39, 0.29) is 0 Å². The normalized spacial score (nSPS) is 29.7. The van der Waals surface area contributed by atoms with E-state index in [9.17, 15) is 4.79 Å². The first-order valence-electron chi connectivity index (χ1n) is 5.51. The third-order valence-corrected chi connectivity index (χ3v) is 3.13. The summed E-state index contributed by atoms with van der Waals surface area (Å²) in [4.78, 5) is 10.7. The summed E-state index contributed by atoms with van der Waals surface area (Å²) in [5.74, 6) is 0.539. The molecule has 2 atom stereocenters. The van der Waals surface area contributed by atoms with Crippen molar-refractivity contribution in [1.82, 2.24) is 0 Å². The Morgan fingerprint density at radius 2 is 2.00 bits per heavy atom. The number of allylic oxidation sites excluding steroid dienone is 1. The average molecular weight is 196 g/mol. The van der Waals surface area contributed by atoms with E-state index in [1.807, 2.05) is 6.08 Å². The first kappa shape index (κ1) is 11.3. The summed E-state index contributed by atoms with van der Waals surface area (Å²) >= 11 is 0. The molecule has 1 saturated carbocycles. The highest BCUT2D eigenvalue weighted by Crippen LogP contribution is 2.28. The molecule has 2 unspecified atom stereocenters. The molecule has 1 fully saturated rings. The number of carboxylic acid groups (broad SMARTS) is 1. The van der Waals surface area contributed by atoms with E-state index < -0.39 is 5.97 Å². The second-order valence-electron chi connectivity index (χ2n) is 4.53. The van der Waals surface area contributed by atoms with Gasteiger partial charge >= 0.3 is 5.97 Å². The Bertz CT molecular complexity index is 230. The molecule has 0 aliphatic heterocycles. The molecular weight excluding hydrogens is 176 g/mol. The smallest absolute Gasteiger partial charge is 0.330 e. The Morgan fingerprint density at radius 1 is 1.29 bits per heavy atom. The molecule has 0 aromatic rings. The van der Waals surface area contributed by atoms with Crippen molar-refractivity contribution in [3.63, 3.8) is 0 Å². The van der Waals surface area contributed by atoms with Gasteiger partial charge in [0.1, 0.15) is 0 Å². The van der Waals surface area contributed by atoms with Crippen molar-refractivity contribution >= 4 is 5.97 Å². The van der Waals surface area contributed by atoms with Gasteiger partial charge in [-0.1, -0.05) is 32.3 Å². The van der Waals surface area contributed by atoms with Gasteiger partial charge < -0.3 is 5.11 Å². The molecule has 1 N–H and O–H groups in total. The number of carboxylic acids is 1. The number of hydrogen-bond acceptors (Lipinski definition) is 1. The van der Waals surface area contributed by atoms with Gasteiger partial charge in [-0.25, -0.2) is 4.79 Å². The standard InChI is InChI=1S/C12H20O2/c1-9-4-3-5-11(7-6-9)8-10(2)12(13)14/h8-9,11H,3-7H2,1-2H3,(H,13,14). The lowest BCUT2D eigenvalue weighted by molar-refractivity contribution is -0.132. The van der Waals surface area contributed by atoms with Crippen LogP contribution in [0.5, 0.6) is 0 Å². The van der Waals surface area contributed by atoms with Gasteiger partial charge in [0.05, 0.1) is 0 Å². The SMILES string of the molecule is CC(=CC1CCCC(C)CC1)C(=O)O. The van der Waals surface area contributed by atoms with Crippen LogP contribution in [-0.2, 0) is 4.79 Å². The molecule has 0 heterocycles. The van der Waals surface area contributed by atoms with Crippen LogP contribution in [0.4, 0.5) is 0 Å². The van der Waals surface area contributed by atoms with Crippen LogP contribution in [0.1, 0.15) is 46.0 Å². The van der Waals surface area contributed by atoms with E-state index in [1.54, 1.807) is 6.92 Å². The number of rotatable bonds is 2. The van der Waals surface area contributed by atoms with Gasteiger partial charge in [0.15, 0.2) is 0 Å². The Hall–Kier alpha value is -0.790. The van der Waals surface area contributed by atoms with Crippen LogP contribution in [-0.4, -0.2) is 11.1 Å². The van der Waals surface area contributed by atoms with Crippen LogP contribution < -0.4 is 0 Å². The van der Waals surface area contributed by atoms with E-state index in [4.69, 9.17) is 5.11 Å². The summed E-state index contributed by atoms with van der Waals surface area (Å²) in [5, 5.41) is 8.77. The first-order valence-corrected chi connectivity index (χ1v) is 5.51. The largest absolute Gasteiger partial charge is 0.478 e. The van der Waals surface area contributed by atoms with Gasteiger partial charge in [-0.05, 0) is 31.6 Å². The molecule has 1 aliphatic carbocycles. The molecule has 0 amide bonds. The Balaban J connectivity index is 2.52. The van der Waals surface area contributed by atoms with Gasteiger partial charge in [0, 0.05) is 5.57 Å². The van der Waals surface area contributed by atoms with Crippen molar-refractivity contribution < 1.29 is 9.90 Å². The van der Waals surface area contributed by atoms with E-state index in [1.165, 1.54) is 19.3 Å². The van der Waals surface area contributed by atoms with Crippen molar-refractivity contribution in [3.8, 4) is 0 Å². The maximum Gasteiger partial charge on any atom is 0.330 e. The third-order valence-electron chi connectivity index (χ3n) is 3.13. The summed E-state index contributed by atoms with van der Waals surface area (Å²) in [6, 6.07) is 0. The molecule has 0 spiro atoms. The number of aliphatic carboxylic acids is 1. The lowest BCUT2D eigenvalue weighted by atomic mass is 9.97. The van der Waals surface area contributed by atoms with Crippen LogP contribution in [0.2, 0.25) is 0 Å². The van der Waals surface area contributed by atoms with Crippen molar-refractivity contribution in [3.05, 3.63) is 11.6 Å². The monoisotopic (exact) mass is 196 g/mol. The predicted octanol–water partition coefficient (Wildman–Crippen LogP) is 3.23. The maximum absolute atomic E-state index is 10.7. The highest BCUT2D eigenvalue weighted by Gasteiger charge is 2.15. The minimum absolute atomic E-state index is 0.496. The zero-order valence-corrected chi connectivity index (χ0v) is 9.12. The number of hydrogen-bond donors (Lipinski definition) is 1. The summed E-state index contributed by atoms with van der Waals surface area (Å²) in [6.45, 7) is 3.98. The van der Waals surface area contributed by atoms with Crippen LogP contribution >= 0.6 is 0 Å². The molecule has 0 aromatic carbocycles. The molecule has 1 aliphatic rings. The molecule has 2 heteroatoms. The van der Waals surface area contributed by atoms with Crippen molar-refractivity contribution in [2.45, 2.75) is 46.0 Å². The van der Waals surface area contributed by atoms with E-state index in [2.05, 4.69) is 6.92 Å². The van der Waals surface area contributed by atoms with E-state index >= 15 is 0 Å². The zero-order chi connectivity index (χ0) is 10.6. The van der Waals surface area contributed by atoms with Crippen LogP contribution in [0.3, 0.4) is 0 Å². The zero-order valence-electron chi connectivity index (χ0n) is 9.12. The molecule has 0 saturated heterocycles. The summed E-state index contributed by atoms with van der Waals surface area (Å²) in [7, 11) is 0. The van der Waals surface area contributed by atoms with Gasteiger partial charge in [-0.3, -0.25) is 0 Å². The van der Waals surface area contributed by atoms with Crippen LogP contribution in [0.15, 0.2) is 11.6 Å². The van der Waals surface area contributed by atoms with Crippen molar-refractivity contribution in [2.24, 2.45) is 11.8 Å². The van der Waals surface area contributed by atoms with Gasteiger partial charge in [-0.15, -0.1) is 0 Å². The molecule has 0 aromatic heterocycles.